The van der Waals surface area contributed by atoms with Gasteiger partial charge in [0.1, 0.15) is 5.60 Å². The van der Waals surface area contributed by atoms with Crippen molar-refractivity contribution in [3.8, 4) is 0 Å². The Bertz CT molecular complexity index is 602. The molecule has 1 amide bonds. The highest BCUT2D eigenvalue weighted by molar-refractivity contribution is 5.90. The minimum Gasteiger partial charge on any atom is -0.393 e. The highest BCUT2D eigenvalue weighted by Crippen LogP contribution is 2.18. The second kappa shape index (κ2) is 6.03. The molecule has 20 heavy (non-hydrogen) atoms. The lowest BCUT2D eigenvalue weighted by atomic mass is 10.0. The van der Waals surface area contributed by atoms with Crippen molar-refractivity contribution in [2.24, 2.45) is 0 Å². The Kier molecular flexibility index (Phi) is 4.37. The molecule has 2 rings (SSSR count). The van der Waals surface area contributed by atoms with E-state index in [4.69, 9.17) is 5.11 Å². The van der Waals surface area contributed by atoms with E-state index in [1.54, 1.807) is 0 Å². The van der Waals surface area contributed by atoms with Crippen LogP contribution in [0.5, 0.6) is 0 Å². The molecule has 2 aromatic carbocycles. The summed E-state index contributed by atoms with van der Waals surface area (Å²) in [5, 5.41) is 23.4. The molecule has 1 unspecified atom stereocenters. The van der Waals surface area contributed by atoms with Crippen molar-refractivity contribution < 1.29 is 15.0 Å². The minimum absolute atomic E-state index is 0.0348. The first kappa shape index (κ1) is 14.5. The first-order valence-electron chi connectivity index (χ1n) is 6.58. The van der Waals surface area contributed by atoms with Gasteiger partial charge < -0.3 is 15.5 Å². The predicted molar refractivity (Wildman–Crippen MR) is 78.4 cm³/mol. The number of aliphatic hydroxyl groups is 2. The molecule has 4 heteroatoms. The Morgan fingerprint density at radius 1 is 1.20 bits per heavy atom. The van der Waals surface area contributed by atoms with Crippen molar-refractivity contribution in [3.05, 3.63) is 48.0 Å². The molecule has 0 aliphatic heterocycles. The quantitative estimate of drug-likeness (QED) is 0.767. The number of carbonyl (C=O) groups is 1. The zero-order chi connectivity index (χ0) is 14.6. The minimum atomic E-state index is -1.28. The summed E-state index contributed by atoms with van der Waals surface area (Å²) in [6.45, 7) is 1.12. The van der Waals surface area contributed by atoms with Crippen LogP contribution in [-0.4, -0.2) is 34.9 Å². The van der Waals surface area contributed by atoms with E-state index in [0.29, 0.717) is 0 Å². The third-order valence-corrected chi connectivity index (χ3v) is 3.24. The molecule has 3 N–H and O–H groups in total. The number of hydrogen-bond acceptors (Lipinski definition) is 3. The lowest BCUT2D eigenvalue weighted by Gasteiger charge is -2.20. The molecule has 4 nitrogen and oxygen atoms in total. The van der Waals surface area contributed by atoms with E-state index in [-0.39, 0.29) is 25.5 Å². The predicted octanol–water partition coefficient (Wildman–Crippen LogP) is 1.24. The van der Waals surface area contributed by atoms with Gasteiger partial charge in [0.05, 0.1) is 13.0 Å². The fraction of sp³-hybridized carbons (Fsp3) is 0.312. The second-order valence-corrected chi connectivity index (χ2v) is 5.25. The summed E-state index contributed by atoms with van der Waals surface area (Å²) in [4.78, 5) is 11.9. The maximum atomic E-state index is 11.9. The van der Waals surface area contributed by atoms with Crippen molar-refractivity contribution in [1.29, 1.82) is 0 Å². The highest BCUT2D eigenvalue weighted by atomic mass is 16.3. The Labute approximate surface area is 118 Å². The molecule has 0 aliphatic rings. The summed E-state index contributed by atoms with van der Waals surface area (Å²) in [6.07, 6.45) is 0.253. The third-order valence-electron chi connectivity index (χ3n) is 3.24. The van der Waals surface area contributed by atoms with Gasteiger partial charge in [-0.05, 0) is 23.3 Å². The first-order valence-corrected chi connectivity index (χ1v) is 6.58. The molecular formula is C16H19NO3. The van der Waals surface area contributed by atoms with Gasteiger partial charge in [0.25, 0.3) is 0 Å². The van der Waals surface area contributed by atoms with Crippen LogP contribution >= 0.6 is 0 Å². The van der Waals surface area contributed by atoms with Crippen LogP contribution in [0.2, 0.25) is 0 Å². The monoisotopic (exact) mass is 273 g/mol. The molecule has 106 valence electrons. The van der Waals surface area contributed by atoms with Gasteiger partial charge in [0, 0.05) is 6.54 Å². The van der Waals surface area contributed by atoms with Crippen LogP contribution in [0, 0.1) is 0 Å². The van der Waals surface area contributed by atoms with Gasteiger partial charge in [-0.15, -0.1) is 0 Å². The zero-order valence-electron chi connectivity index (χ0n) is 11.5. The van der Waals surface area contributed by atoms with Gasteiger partial charge >= 0.3 is 0 Å². The van der Waals surface area contributed by atoms with Crippen LogP contribution in [0.15, 0.2) is 42.5 Å². The topological polar surface area (TPSA) is 69.6 Å². The van der Waals surface area contributed by atoms with Crippen LogP contribution < -0.4 is 5.32 Å². The summed E-state index contributed by atoms with van der Waals surface area (Å²) < 4.78 is 0. The Hall–Kier alpha value is -1.91. The number of rotatable bonds is 5. The van der Waals surface area contributed by atoms with Gasteiger partial charge in [-0.3, -0.25) is 4.79 Å². The lowest BCUT2D eigenvalue weighted by molar-refractivity contribution is -0.121. The molecular weight excluding hydrogens is 254 g/mol. The molecule has 0 radical (unpaired) electrons. The lowest BCUT2D eigenvalue weighted by Crippen LogP contribution is -2.43. The van der Waals surface area contributed by atoms with Gasteiger partial charge in [0.15, 0.2) is 0 Å². The van der Waals surface area contributed by atoms with E-state index in [2.05, 4.69) is 5.32 Å². The number of benzene rings is 2. The maximum absolute atomic E-state index is 11.9. The number of nitrogens with one attached hydrogen (secondary N) is 1. The van der Waals surface area contributed by atoms with Crippen molar-refractivity contribution in [2.75, 3.05) is 13.2 Å². The fourth-order valence-corrected chi connectivity index (χ4v) is 2.03. The smallest absolute Gasteiger partial charge is 0.224 e. The molecule has 0 aromatic heterocycles. The number of aliphatic hydroxyl groups excluding tert-OH is 1. The van der Waals surface area contributed by atoms with E-state index >= 15 is 0 Å². The molecule has 0 saturated carbocycles. The fourth-order valence-electron chi connectivity index (χ4n) is 2.03. The maximum Gasteiger partial charge on any atom is 0.224 e. The van der Waals surface area contributed by atoms with Gasteiger partial charge in [0.2, 0.25) is 5.91 Å². The normalized spacial score (nSPS) is 13.9. The second-order valence-electron chi connectivity index (χ2n) is 5.25. The third kappa shape index (κ3) is 3.56. The van der Waals surface area contributed by atoms with Crippen molar-refractivity contribution in [3.63, 3.8) is 0 Å². The molecule has 2 aromatic rings. The molecule has 0 saturated heterocycles. The Morgan fingerprint density at radius 2 is 1.90 bits per heavy atom. The van der Waals surface area contributed by atoms with Gasteiger partial charge in [-0.25, -0.2) is 0 Å². The number of fused-ring (bicyclic) bond motifs is 1. The molecule has 0 bridgehead atoms. The van der Waals surface area contributed by atoms with Crippen LogP contribution in [0.4, 0.5) is 0 Å². The highest BCUT2D eigenvalue weighted by Gasteiger charge is 2.19. The van der Waals surface area contributed by atoms with E-state index in [9.17, 15) is 9.90 Å². The summed E-state index contributed by atoms with van der Waals surface area (Å²) >= 11 is 0. The van der Waals surface area contributed by atoms with Crippen molar-refractivity contribution in [2.45, 2.75) is 18.9 Å². The van der Waals surface area contributed by atoms with E-state index < -0.39 is 5.60 Å². The van der Waals surface area contributed by atoms with Crippen LogP contribution in [0.3, 0.4) is 0 Å². The molecule has 0 heterocycles. The van der Waals surface area contributed by atoms with Crippen LogP contribution in [0.25, 0.3) is 10.8 Å². The SMILES string of the molecule is CC(O)(CO)CNC(=O)Cc1cccc2ccccc12. The summed E-state index contributed by atoms with van der Waals surface area (Å²) in [5.41, 5.74) is -0.335. The number of hydrogen-bond donors (Lipinski definition) is 3. The largest absolute Gasteiger partial charge is 0.393 e. The van der Waals surface area contributed by atoms with Gasteiger partial charge in [-0.2, -0.15) is 0 Å². The summed E-state index contributed by atoms with van der Waals surface area (Å²) in [5.74, 6) is -0.171. The molecule has 0 fully saturated rings. The van der Waals surface area contributed by atoms with E-state index in [0.717, 1.165) is 16.3 Å². The first-order chi connectivity index (χ1) is 9.52. The average molecular weight is 273 g/mol. The summed E-state index contributed by atoms with van der Waals surface area (Å²) in [7, 11) is 0. The number of carbonyl (C=O) groups excluding carboxylic acids is 1. The van der Waals surface area contributed by atoms with Gasteiger partial charge in [-0.1, -0.05) is 42.5 Å². The zero-order valence-corrected chi connectivity index (χ0v) is 11.5. The van der Waals surface area contributed by atoms with E-state index in [1.165, 1.54) is 6.92 Å². The average Bonchev–Trinajstić information content (AvgIpc) is 2.46. The molecule has 1 atom stereocenters. The standard InChI is InChI=1S/C16H19NO3/c1-16(20,11-18)10-17-15(19)9-13-7-4-6-12-5-2-3-8-14(12)13/h2-8,18,20H,9-11H2,1H3,(H,17,19). The summed E-state index contributed by atoms with van der Waals surface area (Å²) in [6, 6.07) is 13.8. The Balaban J connectivity index is 2.07. The van der Waals surface area contributed by atoms with E-state index in [1.807, 2.05) is 42.5 Å². The van der Waals surface area contributed by atoms with Crippen LogP contribution in [0.1, 0.15) is 12.5 Å². The van der Waals surface area contributed by atoms with Crippen molar-refractivity contribution in [1.82, 2.24) is 5.32 Å². The van der Waals surface area contributed by atoms with Crippen molar-refractivity contribution >= 4 is 16.7 Å². The molecule has 0 aliphatic carbocycles. The Morgan fingerprint density at radius 3 is 2.65 bits per heavy atom. The number of amides is 1. The molecule has 0 spiro atoms. The van der Waals surface area contributed by atoms with Crippen LogP contribution in [-0.2, 0) is 11.2 Å².